The molecule has 146 valence electrons. The van der Waals surface area contributed by atoms with Crippen LogP contribution in [0.3, 0.4) is 0 Å². The van der Waals surface area contributed by atoms with Crippen molar-refractivity contribution in [2.24, 2.45) is 4.99 Å². The maximum absolute atomic E-state index is 6.03. The summed E-state index contributed by atoms with van der Waals surface area (Å²) in [5.74, 6) is 1.52. The van der Waals surface area contributed by atoms with Gasteiger partial charge >= 0.3 is 0 Å². The van der Waals surface area contributed by atoms with Crippen LogP contribution in [0.4, 0.5) is 0 Å². The van der Waals surface area contributed by atoms with Gasteiger partial charge in [0.1, 0.15) is 0 Å². The summed E-state index contributed by atoms with van der Waals surface area (Å²) in [6.07, 6.45) is 1.95. The number of rotatable bonds is 5. The lowest BCUT2D eigenvalue weighted by Gasteiger charge is -2.14. The maximum Gasteiger partial charge on any atom is 0.191 e. The number of hydrogen-bond acceptors (Lipinski definition) is 3. The van der Waals surface area contributed by atoms with Crippen molar-refractivity contribution in [1.82, 2.24) is 25.2 Å². The summed E-state index contributed by atoms with van der Waals surface area (Å²) >= 11 is 6.03. The first-order valence-corrected chi connectivity index (χ1v) is 9.69. The molecule has 0 amide bonds. The predicted molar refractivity (Wildman–Crippen MR) is 117 cm³/mol. The van der Waals surface area contributed by atoms with Gasteiger partial charge in [-0.1, -0.05) is 54.1 Å². The van der Waals surface area contributed by atoms with Gasteiger partial charge in [0, 0.05) is 24.8 Å². The second-order valence-corrected chi connectivity index (χ2v) is 6.92. The van der Waals surface area contributed by atoms with Gasteiger partial charge < -0.3 is 10.6 Å². The summed E-state index contributed by atoms with van der Waals surface area (Å²) in [6, 6.07) is 22.0. The zero-order valence-corrected chi connectivity index (χ0v) is 16.8. The summed E-state index contributed by atoms with van der Waals surface area (Å²) in [5.41, 5.74) is 4.29. The molecular formula is C22H21ClN6. The standard InChI is InChI=1S/C22H21ClN6/c1-24-22(26-15-21-28-27-20-8-4-5-13-29(20)21)25-14-17-6-2-3-7-19(17)16-9-11-18(23)12-10-16/h2-13H,14-15H2,1H3,(H2,24,25,26). The van der Waals surface area contributed by atoms with Crippen molar-refractivity contribution in [3.8, 4) is 11.1 Å². The Labute approximate surface area is 174 Å². The number of pyridine rings is 1. The third-order valence-corrected chi connectivity index (χ3v) is 4.89. The Hall–Kier alpha value is -3.38. The van der Waals surface area contributed by atoms with Crippen LogP contribution in [0.15, 0.2) is 77.9 Å². The summed E-state index contributed by atoms with van der Waals surface area (Å²) in [6.45, 7) is 1.16. The highest BCUT2D eigenvalue weighted by atomic mass is 35.5. The molecule has 4 aromatic rings. The number of guanidine groups is 1. The van der Waals surface area contributed by atoms with Crippen LogP contribution in [0, 0.1) is 0 Å². The van der Waals surface area contributed by atoms with E-state index in [9.17, 15) is 0 Å². The van der Waals surface area contributed by atoms with Crippen LogP contribution in [0.2, 0.25) is 5.02 Å². The first kappa shape index (κ1) is 19.0. The monoisotopic (exact) mass is 404 g/mol. The fraction of sp³-hybridized carbons (Fsp3) is 0.136. The van der Waals surface area contributed by atoms with Crippen molar-refractivity contribution in [2.75, 3.05) is 7.05 Å². The van der Waals surface area contributed by atoms with E-state index < -0.39 is 0 Å². The number of halogens is 1. The molecule has 0 aliphatic heterocycles. The minimum atomic E-state index is 0.518. The largest absolute Gasteiger partial charge is 0.352 e. The Morgan fingerprint density at radius 3 is 2.52 bits per heavy atom. The summed E-state index contributed by atoms with van der Waals surface area (Å²) in [4.78, 5) is 4.32. The Kier molecular flexibility index (Phi) is 5.72. The van der Waals surface area contributed by atoms with Gasteiger partial charge in [0.05, 0.1) is 6.54 Å². The SMILES string of the molecule is CN=C(NCc1ccccc1-c1ccc(Cl)cc1)NCc1nnc2ccccn12. The molecule has 0 unspecified atom stereocenters. The molecule has 0 bridgehead atoms. The van der Waals surface area contributed by atoms with E-state index in [2.05, 4.69) is 38.0 Å². The van der Waals surface area contributed by atoms with E-state index in [0.717, 1.165) is 27.6 Å². The second-order valence-electron chi connectivity index (χ2n) is 6.49. The average molecular weight is 405 g/mol. The number of aliphatic imine (C=N–C) groups is 1. The van der Waals surface area contributed by atoms with Crippen molar-refractivity contribution in [3.05, 3.63) is 89.3 Å². The van der Waals surface area contributed by atoms with Crippen molar-refractivity contribution < 1.29 is 0 Å². The molecule has 6 nitrogen and oxygen atoms in total. The Balaban J connectivity index is 1.43. The van der Waals surface area contributed by atoms with Crippen LogP contribution in [-0.2, 0) is 13.1 Å². The number of hydrogen-bond donors (Lipinski definition) is 2. The molecule has 7 heteroatoms. The van der Waals surface area contributed by atoms with Crippen LogP contribution >= 0.6 is 11.6 Å². The normalized spacial score (nSPS) is 11.6. The molecule has 2 N–H and O–H groups in total. The van der Waals surface area contributed by atoms with E-state index in [-0.39, 0.29) is 0 Å². The van der Waals surface area contributed by atoms with Gasteiger partial charge in [-0.15, -0.1) is 10.2 Å². The summed E-state index contributed by atoms with van der Waals surface area (Å²) in [5, 5.41) is 15.8. The molecule has 0 saturated heterocycles. The lowest BCUT2D eigenvalue weighted by molar-refractivity contribution is 0.763. The zero-order valence-electron chi connectivity index (χ0n) is 16.0. The highest BCUT2D eigenvalue weighted by Crippen LogP contribution is 2.25. The van der Waals surface area contributed by atoms with Gasteiger partial charge in [-0.3, -0.25) is 9.39 Å². The van der Waals surface area contributed by atoms with Gasteiger partial charge in [-0.05, 0) is 41.0 Å². The van der Waals surface area contributed by atoms with E-state index in [1.54, 1.807) is 7.05 Å². The van der Waals surface area contributed by atoms with Crippen molar-refractivity contribution in [1.29, 1.82) is 0 Å². The van der Waals surface area contributed by atoms with Gasteiger partial charge in [-0.25, -0.2) is 0 Å². The molecule has 2 aromatic carbocycles. The molecule has 2 aromatic heterocycles. The Morgan fingerprint density at radius 1 is 0.931 bits per heavy atom. The van der Waals surface area contributed by atoms with Gasteiger partial charge in [0.25, 0.3) is 0 Å². The van der Waals surface area contributed by atoms with E-state index in [1.165, 1.54) is 5.56 Å². The summed E-state index contributed by atoms with van der Waals surface area (Å²) in [7, 11) is 1.75. The number of aromatic nitrogens is 3. The first-order chi connectivity index (χ1) is 14.2. The highest BCUT2D eigenvalue weighted by Gasteiger charge is 2.08. The fourth-order valence-electron chi connectivity index (χ4n) is 3.16. The van der Waals surface area contributed by atoms with Crippen LogP contribution in [0.5, 0.6) is 0 Å². The van der Waals surface area contributed by atoms with Gasteiger partial charge in [-0.2, -0.15) is 0 Å². The van der Waals surface area contributed by atoms with E-state index >= 15 is 0 Å². The topological polar surface area (TPSA) is 66.6 Å². The highest BCUT2D eigenvalue weighted by molar-refractivity contribution is 6.30. The van der Waals surface area contributed by atoms with Crippen LogP contribution < -0.4 is 10.6 Å². The van der Waals surface area contributed by atoms with Crippen molar-refractivity contribution in [3.63, 3.8) is 0 Å². The third-order valence-electron chi connectivity index (χ3n) is 4.64. The molecule has 4 rings (SSSR count). The molecule has 0 atom stereocenters. The van der Waals surface area contributed by atoms with Gasteiger partial charge in [0.15, 0.2) is 17.4 Å². The molecule has 29 heavy (non-hydrogen) atoms. The van der Waals surface area contributed by atoms with Crippen molar-refractivity contribution in [2.45, 2.75) is 13.1 Å². The molecule has 0 aliphatic carbocycles. The van der Waals surface area contributed by atoms with Crippen LogP contribution in [0.25, 0.3) is 16.8 Å². The van der Waals surface area contributed by atoms with E-state index in [4.69, 9.17) is 11.6 Å². The van der Waals surface area contributed by atoms with Gasteiger partial charge in [0.2, 0.25) is 0 Å². The van der Waals surface area contributed by atoms with Crippen LogP contribution in [-0.4, -0.2) is 27.6 Å². The predicted octanol–water partition coefficient (Wildman–Crippen LogP) is 3.91. The average Bonchev–Trinajstić information content (AvgIpc) is 3.18. The Morgan fingerprint density at radius 2 is 1.69 bits per heavy atom. The minimum Gasteiger partial charge on any atom is -0.352 e. The fourth-order valence-corrected chi connectivity index (χ4v) is 3.29. The number of nitrogens with zero attached hydrogens (tertiary/aromatic N) is 4. The maximum atomic E-state index is 6.03. The second kappa shape index (κ2) is 8.75. The molecular weight excluding hydrogens is 384 g/mol. The quantitative estimate of drug-likeness (QED) is 0.391. The first-order valence-electron chi connectivity index (χ1n) is 9.31. The van der Waals surface area contributed by atoms with E-state index in [0.29, 0.717) is 19.0 Å². The number of nitrogens with one attached hydrogen (secondary N) is 2. The minimum absolute atomic E-state index is 0.518. The lowest BCUT2D eigenvalue weighted by atomic mass is 10.00. The molecule has 2 heterocycles. The molecule has 0 spiro atoms. The molecule has 0 fully saturated rings. The lowest BCUT2D eigenvalue weighted by Crippen LogP contribution is -2.36. The molecule has 0 radical (unpaired) electrons. The number of fused-ring (bicyclic) bond motifs is 1. The zero-order chi connectivity index (χ0) is 20.1. The summed E-state index contributed by atoms with van der Waals surface area (Å²) < 4.78 is 1.95. The Bertz CT molecular complexity index is 1130. The van der Waals surface area contributed by atoms with E-state index in [1.807, 2.05) is 65.2 Å². The third kappa shape index (κ3) is 4.38. The van der Waals surface area contributed by atoms with Crippen molar-refractivity contribution >= 4 is 23.2 Å². The number of benzene rings is 2. The molecule has 0 aliphatic rings. The molecule has 0 saturated carbocycles. The van der Waals surface area contributed by atoms with Crippen LogP contribution in [0.1, 0.15) is 11.4 Å². The smallest absolute Gasteiger partial charge is 0.191 e.